The first-order valence-electron chi connectivity index (χ1n) is 2.78. The van der Waals surface area contributed by atoms with Crippen LogP contribution in [0.5, 0.6) is 0 Å². The van der Waals surface area contributed by atoms with Crippen molar-refractivity contribution in [1.82, 2.24) is 19.9 Å². The molecule has 8 nitrogen and oxygen atoms in total. The van der Waals surface area contributed by atoms with Crippen LogP contribution >= 0.6 is 0 Å². The average Bonchev–Trinajstić information content (AvgIpc) is 2.33. The van der Waals surface area contributed by atoms with Crippen LogP contribution < -0.4 is 5.73 Å². The van der Waals surface area contributed by atoms with E-state index in [1.807, 2.05) is 0 Å². The highest BCUT2D eigenvalue weighted by Gasteiger charge is 1.95. The first kappa shape index (κ1) is 13.8. The van der Waals surface area contributed by atoms with E-state index in [1.165, 1.54) is 0 Å². The van der Waals surface area contributed by atoms with Crippen molar-refractivity contribution in [3.05, 3.63) is 12.5 Å². The normalized spacial score (nSPS) is 8.00. The molecule has 2 aromatic rings. The van der Waals surface area contributed by atoms with Gasteiger partial charge in [-0.15, -0.1) is 0 Å². The number of rotatable bonds is 0. The molecule has 0 aliphatic rings. The van der Waals surface area contributed by atoms with Crippen LogP contribution in [0, 0.1) is 0 Å². The number of nitrogen functional groups attached to an aromatic ring is 1. The number of nitrogens with one attached hydrogen (secondary N) is 1. The minimum absolute atomic E-state index is 0. The molecule has 0 saturated heterocycles. The van der Waals surface area contributed by atoms with Crippen molar-refractivity contribution in [3.63, 3.8) is 0 Å². The van der Waals surface area contributed by atoms with Gasteiger partial charge in [0, 0.05) is 0 Å². The van der Waals surface area contributed by atoms with Crippen LogP contribution in [0.2, 0.25) is 0 Å². The number of H-pyrrole nitrogens is 1. The van der Waals surface area contributed by atoms with Gasteiger partial charge in [0.15, 0.2) is 5.65 Å². The predicted molar refractivity (Wildman–Crippen MR) is 46.9 cm³/mol. The lowest BCUT2D eigenvalue weighted by atomic mass is 10.6. The lowest BCUT2D eigenvalue weighted by Gasteiger charge is -1.87. The van der Waals surface area contributed by atoms with E-state index in [2.05, 4.69) is 19.9 Å². The molecule has 2 rings (SSSR count). The number of aromatic amines is 1. The zero-order valence-electron chi connectivity index (χ0n) is 6.57. The summed E-state index contributed by atoms with van der Waals surface area (Å²) in [5, 5.41) is 0. The van der Waals surface area contributed by atoms with E-state index in [4.69, 9.17) is 5.73 Å². The highest BCUT2D eigenvalue weighted by atomic mass is 16.0. The van der Waals surface area contributed by atoms with Crippen LogP contribution in [0.15, 0.2) is 12.5 Å². The van der Waals surface area contributed by atoms with Crippen LogP contribution in [0.25, 0.3) is 11.2 Å². The van der Waals surface area contributed by atoms with Gasteiger partial charge in [0.2, 0.25) is 5.95 Å². The van der Waals surface area contributed by atoms with Crippen molar-refractivity contribution in [2.45, 2.75) is 0 Å². The first-order chi connectivity index (χ1) is 4.86. The molecule has 0 aliphatic carbocycles. The van der Waals surface area contributed by atoms with Gasteiger partial charge >= 0.3 is 0 Å². The Balaban J connectivity index is 0. The summed E-state index contributed by atoms with van der Waals surface area (Å²) in [5.41, 5.74) is 6.71. The molecule has 0 saturated carbocycles. The van der Waals surface area contributed by atoms with Gasteiger partial charge in [-0.25, -0.2) is 9.97 Å². The summed E-state index contributed by atoms with van der Waals surface area (Å²) in [6.07, 6.45) is 3.16. The van der Waals surface area contributed by atoms with Gasteiger partial charge in [0.1, 0.15) is 5.52 Å². The SMILES string of the molecule is Nc1ncc2[nH]cnc2n1.O.O.O. The molecule has 0 aliphatic heterocycles. The lowest BCUT2D eigenvalue weighted by Crippen LogP contribution is -1.93. The number of aromatic nitrogens is 4. The summed E-state index contributed by atoms with van der Waals surface area (Å²) < 4.78 is 0. The van der Waals surface area contributed by atoms with Crippen molar-refractivity contribution in [3.8, 4) is 0 Å². The largest absolute Gasteiger partial charge is 0.412 e. The zero-order valence-corrected chi connectivity index (χ0v) is 6.57. The standard InChI is InChI=1S/C5H5N5.3H2O/c6-5-7-1-3-4(10-5)9-2-8-3;;;/h1-2H,(H3,6,7,8,9,10);3*1H2. The topological polar surface area (TPSA) is 175 Å². The molecule has 9 N–H and O–H groups in total. The molecular weight excluding hydrogens is 178 g/mol. The Morgan fingerprint density at radius 3 is 2.54 bits per heavy atom. The minimum Gasteiger partial charge on any atom is -0.412 e. The van der Waals surface area contributed by atoms with E-state index >= 15 is 0 Å². The second-order valence-corrected chi connectivity index (χ2v) is 1.87. The molecule has 8 heteroatoms. The van der Waals surface area contributed by atoms with E-state index in [1.54, 1.807) is 12.5 Å². The van der Waals surface area contributed by atoms with Crippen molar-refractivity contribution >= 4 is 17.1 Å². The fourth-order valence-electron chi connectivity index (χ4n) is 0.749. The fourth-order valence-corrected chi connectivity index (χ4v) is 0.749. The lowest BCUT2D eigenvalue weighted by molar-refractivity contribution is 0.823. The molecular formula is C5H11N5O3. The maximum atomic E-state index is 5.31. The Morgan fingerprint density at radius 1 is 1.15 bits per heavy atom. The molecule has 13 heavy (non-hydrogen) atoms. The van der Waals surface area contributed by atoms with E-state index < -0.39 is 0 Å². The Bertz CT molecular complexity index is 362. The smallest absolute Gasteiger partial charge is 0.222 e. The van der Waals surface area contributed by atoms with Gasteiger partial charge < -0.3 is 27.1 Å². The zero-order chi connectivity index (χ0) is 6.97. The Labute approximate surface area is 72.8 Å². The van der Waals surface area contributed by atoms with Crippen molar-refractivity contribution in [2.75, 3.05) is 5.73 Å². The second kappa shape index (κ2) is 4.98. The molecule has 2 aromatic heterocycles. The highest BCUT2D eigenvalue weighted by Crippen LogP contribution is 2.03. The molecule has 0 amide bonds. The van der Waals surface area contributed by atoms with Gasteiger partial charge in [-0.2, -0.15) is 4.98 Å². The predicted octanol–water partition coefficient (Wildman–Crippen LogP) is -2.54. The molecule has 2 heterocycles. The van der Waals surface area contributed by atoms with E-state index in [0.717, 1.165) is 5.52 Å². The van der Waals surface area contributed by atoms with Crippen LogP contribution in [-0.4, -0.2) is 36.4 Å². The minimum atomic E-state index is 0. The van der Waals surface area contributed by atoms with Crippen molar-refractivity contribution < 1.29 is 16.4 Å². The van der Waals surface area contributed by atoms with Crippen LogP contribution in [0.1, 0.15) is 0 Å². The number of nitrogens with zero attached hydrogens (tertiary/aromatic N) is 3. The Hall–Kier alpha value is -1.77. The number of hydrogen-bond acceptors (Lipinski definition) is 4. The van der Waals surface area contributed by atoms with Crippen LogP contribution in [-0.2, 0) is 0 Å². The van der Waals surface area contributed by atoms with E-state index in [0.29, 0.717) is 5.65 Å². The summed E-state index contributed by atoms with van der Waals surface area (Å²) in [4.78, 5) is 14.4. The third kappa shape index (κ3) is 2.33. The monoisotopic (exact) mass is 189 g/mol. The van der Waals surface area contributed by atoms with Crippen LogP contribution in [0.3, 0.4) is 0 Å². The fraction of sp³-hybridized carbons (Fsp3) is 0. The Kier molecular flexibility index (Phi) is 5.28. The summed E-state index contributed by atoms with van der Waals surface area (Å²) in [6, 6.07) is 0. The maximum absolute atomic E-state index is 5.31. The third-order valence-corrected chi connectivity index (χ3v) is 1.19. The number of fused-ring (bicyclic) bond motifs is 1. The number of nitrogens with two attached hydrogens (primary N) is 1. The summed E-state index contributed by atoms with van der Waals surface area (Å²) >= 11 is 0. The first-order valence-corrected chi connectivity index (χ1v) is 2.78. The molecule has 0 spiro atoms. The average molecular weight is 189 g/mol. The van der Waals surface area contributed by atoms with E-state index in [9.17, 15) is 0 Å². The number of hydrogen-bond donors (Lipinski definition) is 2. The van der Waals surface area contributed by atoms with Crippen LogP contribution in [0.4, 0.5) is 5.95 Å². The molecule has 74 valence electrons. The maximum Gasteiger partial charge on any atom is 0.222 e. The van der Waals surface area contributed by atoms with Gasteiger partial charge in [-0.1, -0.05) is 0 Å². The molecule has 0 bridgehead atoms. The highest BCUT2D eigenvalue weighted by molar-refractivity contribution is 5.69. The molecule has 0 unspecified atom stereocenters. The van der Waals surface area contributed by atoms with Crippen molar-refractivity contribution in [1.29, 1.82) is 0 Å². The number of imidazole rings is 1. The third-order valence-electron chi connectivity index (χ3n) is 1.19. The summed E-state index contributed by atoms with van der Waals surface area (Å²) in [7, 11) is 0. The molecule has 0 aromatic carbocycles. The summed E-state index contributed by atoms with van der Waals surface area (Å²) in [6.45, 7) is 0. The van der Waals surface area contributed by atoms with Gasteiger partial charge in [-0.3, -0.25) is 0 Å². The van der Waals surface area contributed by atoms with E-state index in [-0.39, 0.29) is 22.4 Å². The molecule has 0 radical (unpaired) electrons. The Morgan fingerprint density at radius 2 is 1.85 bits per heavy atom. The van der Waals surface area contributed by atoms with Gasteiger partial charge in [0.25, 0.3) is 0 Å². The second-order valence-electron chi connectivity index (χ2n) is 1.87. The molecule has 0 atom stereocenters. The quantitative estimate of drug-likeness (QED) is 0.464. The summed E-state index contributed by atoms with van der Waals surface area (Å²) in [5.74, 6) is 0.250. The molecule has 0 fully saturated rings. The number of anilines is 1. The van der Waals surface area contributed by atoms with Crippen molar-refractivity contribution in [2.24, 2.45) is 0 Å². The van der Waals surface area contributed by atoms with Gasteiger partial charge in [0.05, 0.1) is 12.5 Å². The van der Waals surface area contributed by atoms with Gasteiger partial charge in [-0.05, 0) is 0 Å².